The van der Waals surface area contributed by atoms with Gasteiger partial charge in [0.15, 0.2) is 24.0 Å². The molecule has 29 heavy (non-hydrogen) atoms. The van der Waals surface area contributed by atoms with Gasteiger partial charge in [0.2, 0.25) is 0 Å². The number of benzene rings is 1. The van der Waals surface area contributed by atoms with E-state index >= 15 is 0 Å². The number of hydrogen-bond donors (Lipinski definition) is 1. The molecule has 0 saturated carbocycles. The molecule has 6 nitrogen and oxygen atoms in total. The predicted molar refractivity (Wildman–Crippen MR) is 107 cm³/mol. The highest BCUT2D eigenvalue weighted by molar-refractivity contribution is 7.16. The van der Waals surface area contributed by atoms with Crippen LogP contribution in [0.1, 0.15) is 39.8 Å². The molecule has 1 aliphatic rings. The molecule has 0 bridgehead atoms. The van der Waals surface area contributed by atoms with E-state index in [1.165, 1.54) is 33.0 Å². The van der Waals surface area contributed by atoms with Crippen LogP contribution in [-0.4, -0.2) is 15.7 Å². The van der Waals surface area contributed by atoms with Gasteiger partial charge in [0.05, 0.1) is 5.56 Å². The molecular weight excluding hydrogens is 391 g/mol. The Morgan fingerprint density at radius 3 is 3.07 bits per heavy atom. The highest BCUT2D eigenvalue weighted by Crippen LogP contribution is 2.39. The van der Waals surface area contributed by atoms with Crippen molar-refractivity contribution in [1.82, 2.24) is 9.78 Å². The van der Waals surface area contributed by atoms with Crippen LogP contribution < -0.4 is 10.1 Å². The van der Waals surface area contributed by atoms with E-state index in [1.807, 2.05) is 0 Å². The van der Waals surface area contributed by atoms with Crippen molar-refractivity contribution in [1.29, 1.82) is 5.26 Å². The first kappa shape index (κ1) is 19.2. The SMILES string of the molecule is C[C@@H]1CCc2c(sc(NC(=O)c3ccn(COc4ccccc4F)n3)c2C#N)C1. The van der Waals surface area contributed by atoms with E-state index in [2.05, 4.69) is 23.4 Å². The highest BCUT2D eigenvalue weighted by atomic mass is 32.1. The van der Waals surface area contributed by atoms with Crippen LogP contribution in [0.15, 0.2) is 36.5 Å². The maximum Gasteiger partial charge on any atom is 0.276 e. The number of carbonyl (C=O) groups excluding carboxylic acids is 1. The quantitative estimate of drug-likeness (QED) is 0.677. The fraction of sp³-hybridized carbons (Fsp3) is 0.286. The largest absolute Gasteiger partial charge is 0.468 e. The number of thiophene rings is 1. The Kier molecular flexibility index (Phi) is 5.32. The number of nitrogens with zero attached hydrogens (tertiary/aromatic N) is 3. The fourth-order valence-electron chi connectivity index (χ4n) is 3.38. The van der Waals surface area contributed by atoms with Crippen LogP contribution in [-0.2, 0) is 19.6 Å². The van der Waals surface area contributed by atoms with E-state index in [-0.39, 0.29) is 18.2 Å². The summed E-state index contributed by atoms with van der Waals surface area (Å²) in [7, 11) is 0. The van der Waals surface area contributed by atoms with Crippen LogP contribution in [0, 0.1) is 23.1 Å². The van der Waals surface area contributed by atoms with E-state index in [0.29, 0.717) is 16.5 Å². The lowest BCUT2D eigenvalue weighted by Gasteiger charge is -2.17. The van der Waals surface area contributed by atoms with E-state index in [4.69, 9.17) is 4.74 Å². The monoisotopic (exact) mass is 410 g/mol. The first-order chi connectivity index (χ1) is 14.0. The number of anilines is 1. The third-order valence-electron chi connectivity index (χ3n) is 4.91. The minimum Gasteiger partial charge on any atom is -0.468 e. The van der Waals surface area contributed by atoms with Gasteiger partial charge >= 0.3 is 0 Å². The number of nitriles is 1. The zero-order valence-corrected chi connectivity index (χ0v) is 16.6. The molecular formula is C21H19FN4O2S. The Hall–Kier alpha value is -3.18. The second-order valence-electron chi connectivity index (χ2n) is 7.07. The van der Waals surface area contributed by atoms with Crippen molar-refractivity contribution in [3.05, 3.63) is 64.0 Å². The normalized spacial score (nSPS) is 15.4. The number of hydrogen-bond acceptors (Lipinski definition) is 5. The van der Waals surface area contributed by atoms with Crippen molar-refractivity contribution < 1.29 is 13.9 Å². The van der Waals surface area contributed by atoms with Crippen LogP contribution in [0.25, 0.3) is 0 Å². The van der Waals surface area contributed by atoms with Gasteiger partial charge in [-0.25, -0.2) is 9.07 Å². The fourth-order valence-corrected chi connectivity index (χ4v) is 4.73. The molecule has 8 heteroatoms. The van der Waals surface area contributed by atoms with Gasteiger partial charge in [0.25, 0.3) is 5.91 Å². The molecule has 148 valence electrons. The first-order valence-corrected chi connectivity index (χ1v) is 10.1. The van der Waals surface area contributed by atoms with Crippen molar-refractivity contribution in [2.75, 3.05) is 5.32 Å². The Labute approximate surface area is 171 Å². The zero-order chi connectivity index (χ0) is 20.4. The average Bonchev–Trinajstić information content (AvgIpc) is 3.31. The van der Waals surface area contributed by atoms with E-state index < -0.39 is 11.7 Å². The van der Waals surface area contributed by atoms with Crippen molar-refractivity contribution in [2.24, 2.45) is 5.92 Å². The molecule has 0 radical (unpaired) electrons. The number of rotatable bonds is 5. The van der Waals surface area contributed by atoms with Crippen LogP contribution >= 0.6 is 11.3 Å². The molecule has 0 saturated heterocycles. The molecule has 1 N–H and O–H groups in total. The van der Waals surface area contributed by atoms with Crippen LogP contribution in [0.2, 0.25) is 0 Å². The van der Waals surface area contributed by atoms with Crippen molar-refractivity contribution in [3.8, 4) is 11.8 Å². The summed E-state index contributed by atoms with van der Waals surface area (Å²) < 4.78 is 20.4. The smallest absolute Gasteiger partial charge is 0.276 e. The van der Waals surface area contributed by atoms with Gasteiger partial charge in [-0.15, -0.1) is 11.3 Å². The average molecular weight is 410 g/mol. The third kappa shape index (κ3) is 4.00. The van der Waals surface area contributed by atoms with Gasteiger partial charge in [-0.3, -0.25) is 4.79 Å². The Bertz CT molecular complexity index is 1100. The number of carbonyl (C=O) groups is 1. The van der Waals surface area contributed by atoms with Crippen LogP contribution in [0.5, 0.6) is 5.75 Å². The number of amides is 1. The van der Waals surface area contributed by atoms with Gasteiger partial charge in [-0.2, -0.15) is 10.4 Å². The number of nitrogens with one attached hydrogen (secondary N) is 1. The predicted octanol–water partition coefficient (Wildman–Crippen LogP) is 4.37. The zero-order valence-electron chi connectivity index (χ0n) is 15.8. The Morgan fingerprint density at radius 2 is 2.28 bits per heavy atom. The standard InChI is InChI=1S/C21H19FN4O2S/c1-13-6-7-14-15(11-23)21(29-19(14)10-13)24-20(27)17-8-9-26(25-17)12-28-18-5-3-2-4-16(18)22/h2-5,8-9,13H,6-7,10,12H2,1H3,(H,24,27)/t13-/m1/s1. The Balaban J connectivity index is 1.45. The summed E-state index contributed by atoms with van der Waals surface area (Å²) in [6.07, 6.45) is 4.45. The van der Waals surface area contributed by atoms with Crippen molar-refractivity contribution >= 4 is 22.2 Å². The Morgan fingerprint density at radius 1 is 1.45 bits per heavy atom. The summed E-state index contributed by atoms with van der Waals surface area (Å²) in [5, 5.41) is 17.1. The number of halogens is 1. The van der Waals surface area contributed by atoms with Crippen molar-refractivity contribution in [3.63, 3.8) is 0 Å². The lowest BCUT2D eigenvalue weighted by molar-refractivity contribution is 0.102. The summed E-state index contributed by atoms with van der Waals surface area (Å²) in [4.78, 5) is 13.8. The van der Waals surface area contributed by atoms with Gasteiger partial charge in [-0.05, 0) is 48.9 Å². The maximum absolute atomic E-state index is 13.6. The number of aromatic nitrogens is 2. The van der Waals surface area contributed by atoms with E-state index in [1.54, 1.807) is 24.4 Å². The van der Waals surface area contributed by atoms with E-state index in [9.17, 15) is 14.4 Å². The molecule has 0 unspecified atom stereocenters. The van der Waals surface area contributed by atoms with E-state index in [0.717, 1.165) is 24.8 Å². The summed E-state index contributed by atoms with van der Waals surface area (Å²) in [6.45, 7) is 2.17. The molecule has 0 spiro atoms. The third-order valence-corrected chi connectivity index (χ3v) is 6.08. The minimum absolute atomic E-state index is 0.0250. The van der Waals surface area contributed by atoms with Gasteiger partial charge in [-0.1, -0.05) is 19.1 Å². The second-order valence-corrected chi connectivity index (χ2v) is 8.17. The molecule has 1 aromatic carbocycles. The molecule has 1 amide bonds. The lowest BCUT2D eigenvalue weighted by Crippen LogP contribution is -2.14. The molecule has 0 aliphatic heterocycles. The topological polar surface area (TPSA) is 79.9 Å². The minimum atomic E-state index is -0.461. The molecule has 1 aliphatic carbocycles. The second kappa shape index (κ2) is 8.05. The summed E-state index contributed by atoms with van der Waals surface area (Å²) in [6, 6.07) is 9.89. The van der Waals surface area contributed by atoms with Gasteiger partial charge in [0.1, 0.15) is 11.1 Å². The summed E-state index contributed by atoms with van der Waals surface area (Å²) in [5.41, 5.74) is 1.83. The molecule has 4 rings (SSSR count). The highest BCUT2D eigenvalue weighted by Gasteiger charge is 2.25. The van der Waals surface area contributed by atoms with Gasteiger partial charge in [0, 0.05) is 11.1 Å². The van der Waals surface area contributed by atoms with Crippen molar-refractivity contribution in [2.45, 2.75) is 32.9 Å². The molecule has 1 atom stereocenters. The molecule has 2 aromatic heterocycles. The molecule has 3 aromatic rings. The molecule has 0 fully saturated rings. The summed E-state index contributed by atoms with van der Waals surface area (Å²) in [5.74, 6) is -0.150. The van der Waals surface area contributed by atoms with Gasteiger partial charge < -0.3 is 10.1 Å². The van der Waals surface area contributed by atoms with Crippen LogP contribution in [0.3, 0.4) is 0 Å². The van der Waals surface area contributed by atoms with Crippen LogP contribution in [0.4, 0.5) is 9.39 Å². The summed E-state index contributed by atoms with van der Waals surface area (Å²) >= 11 is 1.47. The lowest BCUT2D eigenvalue weighted by atomic mass is 9.89. The molecule has 2 heterocycles. The first-order valence-electron chi connectivity index (χ1n) is 9.32. The maximum atomic E-state index is 13.6. The number of ether oxygens (including phenoxy) is 1. The number of fused-ring (bicyclic) bond motifs is 1. The number of para-hydroxylation sites is 1.